The Bertz CT molecular complexity index is 772. The molecule has 0 bridgehead atoms. The van der Waals surface area contributed by atoms with Gasteiger partial charge in [-0.25, -0.2) is 8.42 Å². The standard InChI is InChI=1S/C13H16N4O4S2/c1-2-3-4-5-12-14-15-13(22-12)16-23(20,21)11-8-6-10(7-9-11)17(18)19/h6-9H,2-5H2,1H3,(H,15,16). The number of nitro benzene ring substituents is 1. The van der Waals surface area contributed by atoms with Crippen LogP contribution in [0.1, 0.15) is 31.2 Å². The molecule has 2 aromatic rings. The van der Waals surface area contributed by atoms with E-state index in [0.29, 0.717) is 0 Å². The van der Waals surface area contributed by atoms with Gasteiger partial charge in [0.25, 0.3) is 15.7 Å². The Kier molecular flexibility index (Phi) is 5.61. The van der Waals surface area contributed by atoms with E-state index < -0.39 is 14.9 Å². The van der Waals surface area contributed by atoms with Crippen molar-refractivity contribution in [3.05, 3.63) is 39.4 Å². The van der Waals surface area contributed by atoms with Gasteiger partial charge in [0, 0.05) is 18.6 Å². The summed E-state index contributed by atoms with van der Waals surface area (Å²) in [5, 5.41) is 19.3. The smallest absolute Gasteiger partial charge is 0.258 e. The molecule has 0 aliphatic rings. The second kappa shape index (κ2) is 7.47. The number of benzene rings is 1. The summed E-state index contributed by atoms with van der Waals surface area (Å²) in [6, 6.07) is 4.66. The van der Waals surface area contributed by atoms with Crippen molar-refractivity contribution in [2.45, 2.75) is 37.5 Å². The number of nitro groups is 1. The predicted molar refractivity (Wildman–Crippen MR) is 87.0 cm³/mol. The Morgan fingerprint density at radius 1 is 1.22 bits per heavy atom. The summed E-state index contributed by atoms with van der Waals surface area (Å²) in [6.07, 6.45) is 3.94. The topological polar surface area (TPSA) is 115 Å². The highest BCUT2D eigenvalue weighted by molar-refractivity contribution is 7.93. The zero-order valence-corrected chi connectivity index (χ0v) is 14.1. The molecule has 23 heavy (non-hydrogen) atoms. The molecule has 0 radical (unpaired) electrons. The zero-order valence-electron chi connectivity index (χ0n) is 12.4. The Morgan fingerprint density at radius 2 is 1.91 bits per heavy atom. The largest absolute Gasteiger partial charge is 0.269 e. The molecule has 0 amide bonds. The van der Waals surface area contributed by atoms with E-state index in [2.05, 4.69) is 21.8 Å². The number of rotatable bonds is 8. The molecule has 0 spiro atoms. The molecule has 0 fully saturated rings. The lowest BCUT2D eigenvalue weighted by molar-refractivity contribution is -0.384. The molecule has 2 rings (SSSR count). The van der Waals surface area contributed by atoms with Gasteiger partial charge in [0.2, 0.25) is 5.13 Å². The minimum absolute atomic E-state index is 0.0640. The molecule has 10 heteroatoms. The average Bonchev–Trinajstić information content (AvgIpc) is 2.94. The quantitative estimate of drug-likeness (QED) is 0.442. The van der Waals surface area contributed by atoms with Gasteiger partial charge in [-0.05, 0) is 18.6 Å². The van der Waals surface area contributed by atoms with E-state index in [1.165, 1.54) is 23.5 Å². The number of aromatic nitrogens is 2. The number of sulfonamides is 1. The van der Waals surface area contributed by atoms with Crippen LogP contribution in [0.25, 0.3) is 0 Å². The van der Waals surface area contributed by atoms with Gasteiger partial charge in [0.15, 0.2) is 0 Å². The summed E-state index contributed by atoms with van der Waals surface area (Å²) in [6.45, 7) is 2.10. The second-order valence-corrected chi connectivity index (χ2v) is 7.56. The van der Waals surface area contributed by atoms with Crippen LogP contribution in [0.3, 0.4) is 0 Å². The Hall–Kier alpha value is -2.07. The molecule has 0 saturated heterocycles. The number of anilines is 1. The highest BCUT2D eigenvalue weighted by Crippen LogP contribution is 2.22. The van der Waals surface area contributed by atoms with Crippen LogP contribution in [0, 0.1) is 10.1 Å². The molecule has 1 aromatic carbocycles. The summed E-state index contributed by atoms with van der Waals surface area (Å²) in [5.74, 6) is 0. The first-order valence-electron chi connectivity index (χ1n) is 7.02. The number of nitrogens with zero attached hydrogens (tertiary/aromatic N) is 3. The Labute approximate surface area is 137 Å². The van der Waals surface area contributed by atoms with E-state index in [1.807, 2.05) is 0 Å². The van der Waals surface area contributed by atoms with Gasteiger partial charge in [-0.3, -0.25) is 14.8 Å². The molecule has 8 nitrogen and oxygen atoms in total. The van der Waals surface area contributed by atoms with Crippen molar-refractivity contribution < 1.29 is 13.3 Å². The summed E-state index contributed by atoms with van der Waals surface area (Å²) >= 11 is 1.19. The maximum atomic E-state index is 12.2. The highest BCUT2D eigenvalue weighted by Gasteiger charge is 2.18. The van der Waals surface area contributed by atoms with Crippen LogP contribution in [0.2, 0.25) is 0 Å². The predicted octanol–water partition coefficient (Wildman–Crippen LogP) is 2.98. The van der Waals surface area contributed by atoms with Crippen LogP contribution in [0.4, 0.5) is 10.8 Å². The Balaban J connectivity index is 2.07. The van der Waals surface area contributed by atoms with Crippen molar-refractivity contribution in [2.75, 3.05) is 4.72 Å². The first kappa shape index (κ1) is 17.3. The van der Waals surface area contributed by atoms with E-state index in [0.717, 1.165) is 42.8 Å². The molecule has 1 aromatic heterocycles. The van der Waals surface area contributed by atoms with Crippen LogP contribution < -0.4 is 4.72 Å². The van der Waals surface area contributed by atoms with Gasteiger partial charge in [-0.2, -0.15) is 0 Å². The van der Waals surface area contributed by atoms with Crippen LogP contribution >= 0.6 is 11.3 Å². The van der Waals surface area contributed by atoms with Crippen molar-refractivity contribution in [2.24, 2.45) is 0 Å². The Morgan fingerprint density at radius 3 is 2.52 bits per heavy atom. The molecule has 124 valence electrons. The van der Waals surface area contributed by atoms with Crippen molar-refractivity contribution in [3.63, 3.8) is 0 Å². The number of nitrogens with one attached hydrogen (secondary N) is 1. The van der Waals surface area contributed by atoms with Gasteiger partial charge in [-0.1, -0.05) is 31.1 Å². The number of unbranched alkanes of at least 4 members (excludes halogenated alkanes) is 2. The number of non-ortho nitro benzene ring substituents is 1. The first-order valence-corrected chi connectivity index (χ1v) is 9.32. The van der Waals surface area contributed by atoms with Gasteiger partial charge in [-0.15, -0.1) is 10.2 Å². The van der Waals surface area contributed by atoms with Gasteiger partial charge in [0.05, 0.1) is 9.82 Å². The number of hydrogen-bond acceptors (Lipinski definition) is 7. The van der Waals surface area contributed by atoms with E-state index in [9.17, 15) is 18.5 Å². The monoisotopic (exact) mass is 356 g/mol. The lowest BCUT2D eigenvalue weighted by Gasteiger charge is -2.03. The third-order valence-electron chi connectivity index (χ3n) is 3.04. The van der Waals surface area contributed by atoms with E-state index in [1.54, 1.807) is 0 Å². The molecule has 1 N–H and O–H groups in total. The lowest BCUT2D eigenvalue weighted by atomic mass is 10.2. The van der Waals surface area contributed by atoms with Crippen molar-refractivity contribution in [1.82, 2.24) is 10.2 Å². The van der Waals surface area contributed by atoms with Crippen molar-refractivity contribution >= 4 is 32.2 Å². The number of aryl methyl sites for hydroxylation is 1. The molecular weight excluding hydrogens is 340 g/mol. The van der Waals surface area contributed by atoms with Crippen molar-refractivity contribution in [3.8, 4) is 0 Å². The van der Waals surface area contributed by atoms with Crippen LogP contribution in [0.15, 0.2) is 29.2 Å². The van der Waals surface area contributed by atoms with E-state index in [4.69, 9.17) is 0 Å². The van der Waals surface area contributed by atoms with Crippen LogP contribution in [-0.2, 0) is 16.4 Å². The SMILES string of the molecule is CCCCCc1nnc(NS(=O)(=O)c2ccc([N+](=O)[O-])cc2)s1. The average molecular weight is 356 g/mol. The molecule has 0 saturated carbocycles. The minimum atomic E-state index is -3.83. The summed E-state index contributed by atoms with van der Waals surface area (Å²) in [7, 11) is -3.83. The third kappa shape index (κ3) is 4.70. The fraction of sp³-hybridized carbons (Fsp3) is 0.385. The lowest BCUT2D eigenvalue weighted by Crippen LogP contribution is -2.12. The summed E-state index contributed by atoms with van der Waals surface area (Å²) < 4.78 is 26.8. The first-order chi connectivity index (χ1) is 10.9. The maximum Gasteiger partial charge on any atom is 0.269 e. The summed E-state index contributed by atoms with van der Waals surface area (Å²) in [4.78, 5) is 9.94. The zero-order chi connectivity index (χ0) is 16.9. The van der Waals surface area contributed by atoms with Crippen molar-refractivity contribution in [1.29, 1.82) is 0 Å². The molecule has 0 atom stereocenters. The molecule has 1 heterocycles. The molecule has 0 aliphatic heterocycles. The molecule has 0 unspecified atom stereocenters. The summed E-state index contributed by atoms with van der Waals surface area (Å²) in [5.41, 5.74) is -0.168. The normalized spacial score (nSPS) is 11.3. The van der Waals surface area contributed by atoms with E-state index in [-0.39, 0.29) is 15.7 Å². The highest BCUT2D eigenvalue weighted by atomic mass is 32.2. The van der Waals surface area contributed by atoms with Crippen LogP contribution in [0.5, 0.6) is 0 Å². The van der Waals surface area contributed by atoms with E-state index >= 15 is 0 Å². The van der Waals surface area contributed by atoms with Gasteiger partial charge >= 0.3 is 0 Å². The maximum absolute atomic E-state index is 12.2. The van der Waals surface area contributed by atoms with Crippen LogP contribution in [-0.4, -0.2) is 23.5 Å². The fourth-order valence-corrected chi connectivity index (χ4v) is 3.85. The second-order valence-electron chi connectivity index (χ2n) is 4.81. The van der Waals surface area contributed by atoms with Gasteiger partial charge in [0.1, 0.15) is 5.01 Å². The molecule has 0 aliphatic carbocycles. The fourth-order valence-electron chi connectivity index (χ4n) is 1.84. The molecular formula is C13H16N4O4S2. The number of hydrogen-bond donors (Lipinski definition) is 1. The third-order valence-corrected chi connectivity index (χ3v) is 5.42. The minimum Gasteiger partial charge on any atom is -0.258 e. The van der Waals surface area contributed by atoms with Gasteiger partial charge < -0.3 is 0 Å².